The maximum absolute atomic E-state index is 4.55. The van der Waals surface area contributed by atoms with Crippen LogP contribution in [0.1, 0.15) is 39.0 Å². The number of rotatable bonds is 4. The third kappa shape index (κ3) is 2.46. The Bertz CT molecular complexity index is 656. The number of fused-ring (bicyclic) bond motifs is 1. The first-order chi connectivity index (χ1) is 9.82. The first-order valence-corrected chi connectivity index (χ1v) is 7.89. The summed E-state index contributed by atoms with van der Waals surface area (Å²) < 4.78 is 0. The molecule has 2 nitrogen and oxygen atoms in total. The average molecular weight is 282 g/mol. The lowest BCUT2D eigenvalue weighted by atomic mass is 10.0. The molecule has 0 aliphatic heterocycles. The molecule has 0 saturated heterocycles. The van der Waals surface area contributed by atoms with Crippen LogP contribution in [0.15, 0.2) is 30.3 Å². The predicted octanol–water partition coefficient (Wildman–Crippen LogP) is 4.32. The number of hydrogen-bond acceptors (Lipinski definition) is 2. The predicted molar refractivity (Wildman–Crippen MR) is 89.2 cm³/mol. The van der Waals surface area contributed by atoms with E-state index in [4.69, 9.17) is 0 Å². The minimum Gasteiger partial charge on any atom is -0.312 e. The quantitative estimate of drug-likeness (QED) is 0.903. The van der Waals surface area contributed by atoms with E-state index in [1.165, 1.54) is 10.9 Å². The molecule has 112 valence electrons. The fourth-order valence-electron chi connectivity index (χ4n) is 3.59. The molecule has 1 aromatic heterocycles. The molecule has 1 aliphatic rings. The molecular formula is C19H26N2. The topological polar surface area (TPSA) is 24.9 Å². The zero-order valence-corrected chi connectivity index (χ0v) is 13.8. The normalized spacial score (nSPS) is 19.9. The van der Waals surface area contributed by atoms with E-state index in [9.17, 15) is 0 Å². The van der Waals surface area contributed by atoms with E-state index in [1.54, 1.807) is 0 Å². The van der Waals surface area contributed by atoms with Crippen molar-refractivity contribution >= 4 is 10.9 Å². The van der Waals surface area contributed by atoms with Crippen molar-refractivity contribution in [1.29, 1.82) is 0 Å². The third-order valence-electron chi connectivity index (χ3n) is 5.89. The highest BCUT2D eigenvalue weighted by atomic mass is 14.9. The molecule has 2 aromatic rings. The van der Waals surface area contributed by atoms with Gasteiger partial charge >= 0.3 is 0 Å². The second kappa shape index (κ2) is 4.81. The van der Waals surface area contributed by atoms with Gasteiger partial charge in [0.2, 0.25) is 0 Å². The van der Waals surface area contributed by atoms with Crippen molar-refractivity contribution < 1.29 is 0 Å². The van der Waals surface area contributed by atoms with Crippen LogP contribution in [0.3, 0.4) is 0 Å². The minimum absolute atomic E-state index is 0.463. The summed E-state index contributed by atoms with van der Waals surface area (Å²) in [6.07, 6.45) is 0. The molecule has 1 fully saturated rings. The van der Waals surface area contributed by atoms with Gasteiger partial charge < -0.3 is 5.32 Å². The van der Waals surface area contributed by atoms with Crippen LogP contribution in [0, 0.1) is 23.7 Å². The number of aryl methyl sites for hydroxylation is 1. The van der Waals surface area contributed by atoms with Crippen LogP contribution in [0.2, 0.25) is 0 Å². The van der Waals surface area contributed by atoms with Crippen LogP contribution in [-0.4, -0.2) is 11.5 Å². The molecule has 0 radical (unpaired) electrons. The summed E-state index contributed by atoms with van der Waals surface area (Å²) in [5.41, 5.74) is 4.43. The van der Waals surface area contributed by atoms with Crippen molar-refractivity contribution in [2.75, 3.05) is 6.54 Å². The first kappa shape index (κ1) is 14.5. The molecule has 2 heteroatoms. The number of nitrogens with one attached hydrogen (secondary N) is 1. The molecule has 1 N–H and O–H groups in total. The van der Waals surface area contributed by atoms with Gasteiger partial charge in [0.1, 0.15) is 0 Å². The Morgan fingerprint density at radius 2 is 1.76 bits per heavy atom. The van der Waals surface area contributed by atoms with Gasteiger partial charge in [-0.3, -0.25) is 4.98 Å². The maximum atomic E-state index is 4.55. The molecule has 0 unspecified atom stereocenters. The molecule has 0 spiro atoms. The van der Waals surface area contributed by atoms with Crippen LogP contribution in [0.25, 0.3) is 10.9 Å². The summed E-state index contributed by atoms with van der Waals surface area (Å²) in [6.45, 7) is 13.6. The van der Waals surface area contributed by atoms with Crippen molar-refractivity contribution in [1.82, 2.24) is 10.3 Å². The lowest BCUT2D eigenvalue weighted by molar-refractivity contribution is 0.457. The summed E-state index contributed by atoms with van der Waals surface area (Å²) in [5, 5.41) is 4.86. The van der Waals surface area contributed by atoms with Crippen LogP contribution in [0.4, 0.5) is 0 Å². The van der Waals surface area contributed by atoms with Gasteiger partial charge in [0.15, 0.2) is 0 Å². The van der Waals surface area contributed by atoms with Gasteiger partial charge in [0.05, 0.1) is 5.52 Å². The van der Waals surface area contributed by atoms with E-state index in [-0.39, 0.29) is 0 Å². The molecule has 1 heterocycles. The van der Waals surface area contributed by atoms with Crippen LogP contribution in [-0.2, 0) is 6.54 Å². The van der Waals surface area contributed by atoms with E-state index < -0.39 is 0 Å². The van der Waals surface area contributed by atoms with Crippen molar-refractivity contribution in [3.8, 4) is 0 Å². The number of hydrogen-bond donors (Lipinski definition) is 1. The van der Waals surface area contributed by atoms with Gasteiger partial charge in [-0.15, -0.1) is 0 Å². The molecule has 1 saturated carbocycles. The van der Waals surface area contributed by atoms with Gasteiger partial charge in [-0.05, 0) is 54.0 Å². The van der Waals surface area contributed by atoms with E-state index in [0.29, 0.717) is 10.8 Å². The van der Waals surface area contributed by atoms with E-state index in [0.717, 1.165) is 30.2 Å². The number of pyridine rings is 1. The zero-order chi connectivity index (χ0) is 15.3. The second-order valence-electron chi connectivity index (χ2n) is 7.61. The van der Waals surface area contributed by atoms with Crippen molar-refractivity contribution in [2.45, 2.75) is 41.2 Å². The van der Waals surface area contributed by atoms with Crippen LogP contribution >= 0.6 is 0 Å². The highest BCUT2D eigenvalue weighted by Gasteiger charge is 2.63. The van der Waals surface area contributed by atoms with E-state index in [2.05, 4.69) is 68.3 Å². The van der Waals surface area contributed by atoms with E-state index in [1.807, 2.05) is 6.92 Å². The smallest absolute Gasteiger partial charge is 0.0705 e. The molecule has 1 aliphatic carbocycles. The molecule has 0 bridgehead atoms. The van der Waals surface area contributed by atoms with Crippen LogP contribution in [0.5, 0.6) is 0 Å². The number of nitrogens with zero attached hydrogens (tertiary/aromatic N) is 1. The zero-order valence-electron chi connectivity index (χ0n) is 13.8. The molecule has 0 amide bonds. The Morgan fingerprint density at radius 1 is 1.05 bits per heavy atom. The number of benzene rings is 1. The van der Waals surface area contributed by atoms with Gasteiger partial charge in [0, 0.05) is 17.6 Å². The highest BCUT2D eigenvalue weighted by Crippen LogP contribution is 2.67. The summed E-state index contributed by atoms with van der Waals surface area (Å²) in [5.74, 6) is 0.773. The summed E-state index contributed by atoms with van der Waals surface area (Å²) in [6, 6.07) is 10.8. The Labute approximate surface area is 128 Å². The van der Waals surface area contributed by atoms with Gasteiger partial charge in [-0.2, -0.15) is 0 Å². The second-order valence-corrected chi connectivity index (χ2v) is 7.61. The summed E-state index contributed by atoms with van der Waals surface area (Å²) in [7, 11) is 0. The van der Waals surface area contributed by atoms with Crippen molar-refractivity contribution in [3.63, 3.8) is 0 Å². The Hall–Kier alpha value is -1.41. The lowest BCUT2D eigenvalue weighted by Gasteiger charge is -2.07. The number of aromatic nitrogens is 1. The van der Waals surface area contributed by atoms with Gasteiger partial charge in [-0.1, -0.05) is 39.8 Å². The van der Waals surface area contributed by atoms with Crippen molar-refractivity contribution in [3.05, 3.63) is 41.6 Å². The maximum Gasteiger partial charge on any atom is 0.0705 e. The summed E-state index contributed by atoms with van der Waals surface area (Å²) in [4.78, 5) is 4.55. The Balaban J connectivity index is 1.63. The first-order valence-electron chi connectivity index (χ1n) is 7.89. The molecule has 1 aromatic carbocycles. The van der Waals surface area contributed by atoms with E-state index >= 15 is 0 Å². The minimum atomic E-state index is 0.463. The van der Waals surface area contributed by atoms with Crippen molar-refractivity contribution in [2.24, 2.45) is 16.7 Å². The van der Waals surface area contributed by atoms with Gasteiger partial charge in [-0.25, -0.2) is 0 Å². The largest absolute Gasteiger partial charge is 0.312 e. The third-order valence-corrected chi connectivity index (χ3v) is 5.89. The van der Waals surface area contributed by atoms with Crippen LogP contribution < -0.4 is 5.32 Å². The fourth-order valence-corrected chi connectivity index (χ4v) is 3.59. The average Bonchev–Trinajstić information content (AvgIpc) is 2.81. The SMILES string of the molecule is Cc1ccc2cc(CNCC3C(C)(C)C3(C)C)ccc2n1. The monoisotopic (exact) mass is 282 g/mol. The highest BCUT2D eigenvalue weighted by molar-refractivity contribution is 5.79. The Kier molecular flexibility index (Phi) is 3.32. The lowest BCUT2D eigenvalue weighted by Crippen LogP contribution is -2.18. The Morgan fingerprint density at radius 3 is 2.43 bits per heavy atom. The summed E-state index contributed by atoms with van der Waals surface area (Å²) >= 11 is 0. The molecule has 3 rings (SSSR count). The van der Waals surface area contributed by atoms with Gasteiger partial charge in [0.25, 0.3) is 0 Å². The fraction of sp³-hybridized carbons (Fsp3) is 0.526. The standard InChI is InChI=1S/C19H26N2/c1-13-6-8-15-10-14(7-9-16(15)21-13)11-20-12-17-18(2,3)19(17,4)5/h6-10,17,20H,11-12H2,1-5H3. The molecule has 21 heavy (non-hydrogen) atoms. The molecule has 0 atom stereocenters. The molecular weight excluding hydrogens is 256 g/mol.